The van der Waals surface area contributed by atoms with Crippen LogP contribution in [0, 0.1) is 0 Å². The highest BCUT2D eigenvalue weighted by Crippen LogP contribution is 2.32. The number of hydrogen-bond donors (Lipinski definition) is 1. The maximum atomic E-state index is 12.6. The summed E-state index contributed by atoms with van der Waals surface area (Å²) in [5.41, 5.74) is 0.259. The number of nitrogens with zero attached hydrogens (tertiary/aromatic N) is 1. The molecule has 2 aromatic carbocycles. The zero-order valence-electron chi connectivity index (χ0n) is 13.2. The predicted octanol–water partition coefficient (Wildman–Crippen LogP) is 4.30. The van der Waals surface area contributed by atoms with Crippen LogP contribution in [0.4, 0.5) is 5.69 Å². The normalized spacial score (nSPS) is 11.6. The van der Waals surface area contributed by atoms with E-state index in [4.69, 9.17) is 34.8 Å². The van der Waals surface area contributed by atoms with Crippen molar-refractivity contribution in [1.29, 1.82) is 0 Å². The fourth-order valence-corrected chi connectivity index (χ4v) is 4.10. The Morgan fingerprint density at radius 1 is 1.04 bits per heavy atom. The molecular weight excluding hydrogens is 407 g/mol. The molecule has 0 aromatic heterocycles. The lowest BCUT2D eigenvalue weighted by Crippen LogP contribution is -2.37. The van der Waals surface area contributed by atoms with Crippen LogP contribution in [0.25, 0.3) is 0 Å². The Labute approximate surface area is 161 Å². The molecule has 0 aliphatic carbocycles. The van der Waals surface area contributed by atoms with Gasteiger partial charge in [0.1, 0.15) is 0 Å². The lowest BCUT2D eigenvalue weighted by atomic mass is 10.3. The van der Waals surface area contributed by atoms with E-state index in [9.17, 15) is 13.2 Å². The average molecular weight is 422 g/mol. The minimum absolute atomic E-state index is 0.122. The zero-order valence-corrected chi connectivity index (χ0v) is 16.3. The van der Waals surface area contributed by atoms with Crippen molar-refractivity contribution in [2.24, 2.45) is 0 Å². The van der Waals surface area contributed by atoms with Crippen molar-refractivity contribution in [3.05, 3.63) is 57.5 Å². The minimum Gasteiger partial charge on any atom is -0.324 e. The summed E-state index contributed by atoms with van der Waals surface area (Å²) in [4.78, 5) is 12.4. The molecule has 0 spiro atoms. The van der Waals surface area contributed by atoms with Gasteiger partial charge in [-0.15, -0.1) is 0 Å². The molecule has 0 aliphatic heterocycles. The molecule has 25 heavy (non-hydrogen) atoms. The minimum atomic E-state index is -3.77. The van der Waals surface area contributed by atoms with Crippen LogP contribution in [0.1, 0.15) is 6.92 Å². The summed E-state index contributed by atoms with van der Waals surface area (Å²) in [6, 6.07) is 10.7. The van der Waals surface area contributed by atoms with Gasteiger partial charge in [-0.05, 0) is 24.3 Å². The van der Waals surface area contributed by atoms with Gasteiger partial charge in [0, 0.05) is 6.54 Å². The Morgan fingerprint density at radius 3 is 2.24 bits per heavy atom. The fourth-order valence-electron chi connectivity index (χ4n) is 2.08. The van der Waals surface area contributed by atoms with Crippen LogP contribution in [-0.4, -0.2) is 31.7 Å². The molecule has 9 heteroatoms. The molecule has 0 fully saturated rings. The van der Waals surface area contributed by atoms with Crippen molar-refractivity contribution in [2.75, 3.05) is 18.4 Å². The summed E-state index contributed by atoms with van der Waals surface area (Å²) in [5, 5.41) is 3.24. The van der Waals surface area contributed by atoms with Gasteiger partial charge in [0.2, 0.25) is 15.9 Å². The van der Waals surface area contributed by atoms with Gasteiger partial charge in [0.25, 0.3) is 0 Å². The summed E-state index contributed by atoms with van der Waals surface area (Å²) in [6.45, 7) is 1.43. The number of benzene rings is 2. The Balaban J connectivity index is 2.17. The van der Waals surface area contributed by atoms with Crippen LogP contribution in [0.5, 0.6) is 0 Å². The molecule has 2 rings (SSSR count). The van der Waals surface area contributed by atoms with E-state index in [2.05, 4.69) is 5.32 Å². The summed E-state index contributed by atoms with van der Waals surface area (Å²) < 4.78 is 26.3. The van der Waals surface area contributed by atoms with Crippen molar-refractivity contribution >= 4 is 56.4 Å². The van der Waals surface area contributed by atoms with Crippen molar-refractivity contribution < 1.29 is 13.2 Å². The Morgan fingerprint density at radius 2 is 1.64 bits per heavy atom. The molecule has 0 heterocycles. The molecule has 1 N–H and O–H groups in total. The third kappa shape index (κ3) is 4.86. The van der Waals surface area contributed by atoms with Gasteiger partial charge in [-0.25, -0.2) is 8.42 Å². The molecule has 0 atom stereocenters. The predicted molar refractivity (Wildman–Crippen MR) is 101 cm³/mol. The van der Waals surface area contributed by atoms with E-state index in [1.165, 1.54) is 24.3 Å². The lowest BCUT2D eigenvalue weighted by molar-refractivity contribution is -0.116. The number of halogens is 3. The zero-order chi connectivity index (χ0) is 18.6. The van der Waals surface area contributed by atoms with Crippen LogP contribution in [0.2, 0.25) is 15.1 Å². The SMILES string of the molecule is CCN(CC(=O)Nc1cc(Cl)c(Cl)cc1Cl)S(=O)(=O)c1ccccc1. The standard InChI is InChI=1S/C16H15Cl3N2O3S/c1-2-21(25(23,24)11-6-4-3-5-7-11)10-16(22)20-15-9-13(18)12(17)8-14(15)19/h3-9H,2,10H2,1H3,(H,20,22). The Hall–Kier alpha value is -1.31. The van der Waals surface area contributed by atoms with Gasteiger partial charge in [0.05, 0.1) is 32.2 Å². The number of amides is 1. The smallest absolute Gasteiger partial charge is 0.243 e. The van der Waals surface area contributed by atoms with Crippen molar-refractivity contribution in [2.45, 2.75) is 11.8 Å². The second-order valence-electron chi connectivity index (χ2n) is 5.04. The number of rotatable bonds is 6. The highest BCUT2D eigenvalue weighted by Gasteiger charge is 2.25. The molecule has 0 bridgehead atoms. The number of carbonyl (C=O) groups excluding carboxylic acids is 1. The average Bonchev–Trinajstić information content (AvgIpc) is 2.58. The molecule has 0 saturated carbocycles. The lowest BCUT2D eigenvalue weighted by Gasteiger charge is -2.20. The van der Waals surface area contributed by atoms with Crippen LogP contribution in [0.3, 0.4) is 0 Å². The van der Waals surface area contributed by atoms with Crippen LogP contribution < -0.4 is 5.32 Å². The summed E-state index contributed by atoms with van der Waals surface area (Å²) in [7, 11) is -3.77. The maximum Gasteiger partial charge on any atom is 0.243 e. The number of nitrogens with one attached hydrogen (secondary N) is 1. The first-order valence-electron chi connectivity index (χ1n) is 7.25. The number of carbonyl (C=O) groups is 1. The van der Waals surface area contributed by atoms with Gasteiger partial charge >= 0.3 is 0 Å². The number of likely N-dealkylation sites (N-methyl/N-ethyl adjacent to an activating group) is 1. The maximum absolute atomic E-state index is 12.6. The second kappa shape index (κ2) is 8.38. The highest BCUT2D eigenvalue weighted by molar-refractivity contribution is 7.89. The third-order valence-electron chi connectivity index (χ3n) is 3.34. The van der Waals surface area contributed by atoms with Crippen molar-refractivity contribution in [3.8, 4) is 0 Å². The topological polar surface area (TPSA) is 66.5 Å². The van der Waals surface area contributed by atoms with E-state index in [1.54, 1.807) is 25.1 Å². The first-order chi connectivity index (χ1) is 11.8. The van der Waals surface area contributed by atoms with Crippen LogP contribution in [0.15, 0.2) is 47.4 Å². The van der Waals surface area contributed by atoms with Gasteiger partial charge in [-0.1, -0.05) is 59.9 Å². The van der Waals surface area contributed by atoms with E-state index in [-0.39, 0.29) is 38.7 Å². The highest BCUT2D eigenvalue weighted by atomic mass is 35.5. The monoisotopic (exact) mass is 420 g/mol. The summed E-state index contributed by atoms with van der Waals surface area (Å²) in [6.07, 6.45) is 0. The molecule has 0 unspecified atom stereocenters. The molecule has 5 nitrogen and oxygen atoms in total. The second-order valence-corrected chi connectivity index (χ2v) is 8.20. The number of hydrogen-bond acceptors (Lipinski definition) is 3. The first kappa shape index (κ1) is 20.0. The quantitative estimate of drug-likeness (QED) is 0.707. The Kier molecular flexibility index (Phi) is 6.71. The molecule has 2 aromatic rings. The van der Waals surface area contributed by atoms with E-state index in [0.717, 1.165) is 4.31 Å². The fraction of sp³-hybridized carbons (Fsp3) is 0.188. The van der Waals surface area contributed by atoms with Crippen LogP contribution >= 0.6 is 34.8 Å². The molecule has 0 aliphatic rings. The molecular formula is C16H15Cl3N2O3S. The van der Waals surface area contributed by atoms with Crippen molar-refractivity contribution in [3.63, 3.8) is 0 Å². The van der Waals surface area contributed by atoms with Crippen molar-refractivity contribution in [1.82, 2.24) is 4.31 Å². The summed E-state index contributed by atoms with van der Waals surface area (Å²) in [5.74, 6) is -0.540. The Bertz CT molecular complexity index is 874. The van der Waals surface area contributed by atoms with E-state index in [1.807, 2.05) is 0 Å². The molecule has 1 amide bonds. The van der Waals surface area contributed by atoms with Gasteiger partial charge < -0.3 is 5.32 Å². The molecule has 0 radical (unpaired) electrons. The third-order valence-corrected chi connectivity index (χ3v) is 6.31. The van der Waals surface area contributed by atoms with E-state index >= 15 is 0 Å². The first-order valence-corrected chi connectivity index (χ1v) is 9.82. The number of anilines is 1. The summed E-state index contributed by atoms with van der Waals surface area (Å²) >= 11 is 17.8. The largest absolute Gasteiger partial charge is 0.324 e. The van der Waals surface area contributed by atoms with Gasteiger partial charge in [-0.3, -0.25) is 4.79 Å². The van der Waals surface area contributed by atoms with Crippen LogP contribution in [-0.2, 0) is 14.8 Å². The molecule has 0 saturated heterocycles. The molecule has 134 valence electrons. The van der Waals surface area contributed by atoms with E-state index < -0.39 is 15.9 Å². The number of sulfonamides is 1. The van der Waals surface area contributed by atoms with E-state index in [0.29, 0.717) is 0 Å². The van der Waals surface area contributed by atoms with Gasteiger partial charge in [-0.2, -0.15) is 4.31 Å². The van der Waals surface area contributed by atoms with Gasteiger partial charge in [0.15, 0.2) is 0 Å².